The molecule has 0 unspecified atom stereocenters. The fraction of sp³-hybridized carbons (Fsp3) is 0.235. The van der Waals surface area contributed by atoms with E-state index in [1.807, 2.05) is 24.3 Å². The molecule has 0 spiro atoms. The van der Waals surface area contributed by atoms with Crippen LogP contribution in [0.2, 0.25) is 0 Å². The molecule has 5 nitrogen and oxygen atoms in total. The molecule has 0 atom stereocenters. The second-order valence-corrected chi connectivity index (χ2v) is 5.30. The Bertz CT molecular complexity index is 784. The van der Waals surface area contributed by atoms with Gasteiger partial charge in [0.05, 0.1) is 11.3 Å². The highest BCUT2D eigenvalue weighted by Gasteiger charge is 2.25. The maximum absolute atomic E-state index is 12.1. The van der Waals surface area contributed by atoms with Crippen LogP contribution in [0.4, 0.5) is 0 Å². The predicted molar refractivity (Wildman–Crippen MR) is 86.5 cm³/mol. The smallest absolute Gasteiger partial charge is 0.273 e. The van der Waals surface area contributed by atoms with Gasteiger partial charge in [0.2, 0.25) is 0 Å². The van der Waals surface area contributed by atoms with Gasteiger partial charge >= 0.3 is 0 Å². The number of aromatic nitrogens is 2. The van der Waals surface area contributed by atoms with Gasteiger partial charge in [0.25, 0.3) is 5.91 Å². The summed E-state index contributed by atoms with van der Waals surface area (Å²) in [5, 5.41) is 4.12. The van der Waals surface area contributed by atoms with Gasteiger partial charge < -0.3 is 4.98 Å². The van der Waals surface area contributed by atoms with E-state index in [1.165, 1.54) is 11.1 Å². The Kier molecular flexibility index (Phi) is 3.63. The summed E-state index contributed by atoms with van der Waals surface area (Å²) in [6.07, 6.45) is 4.51. The van der Waals surface area contributed by atoms with E-state index in [9.17, 15) is 4.79 Å². The van der Waals surface area contributed by atoms with Crippen LogP contribution in [0, 0.1) is 13.8 Å². The Morgan fingerprint density at radius 1 is 1.27 bits per heavy atom. The topological polar surface area (TPSA) is 70.1 Å². The number of carbonyl (C=O) groups is 1. The van der Waals surface area contributed by atoms with Gasteiger partial charge in [0, 0.05) is 17.6 Å². The van der Waals surface area contributed by atoms with Crippen LogP contribution in [0.25, 0.3) is 6.08 Å². The molecule has 0 saturated heterocycles. The van der Waals surface area contributed by atoms with Crippen LogP contribution < -0.4 is 5.43 Å². The molecule has 2 aromatic heterocycles. The van der Waals surface area contributed by atoms with E-state index in [1.54, 1.807) is 6.20 Å². The van der Waals surface area contributed by atoms with Crippen molar-refractivity contribution in [3.8, 4) is 0 Å². The molecule has 22 heavy (non-hydrogen) atoms. The van der Waals surface area contributed by atoms with E-state index in [-0.39, 0.29) is 5.91 Å². The van der Waals surface area contributed by atoms with E-state index in [2.05, 4.69) is 41.3 Å². The first-order valence-electron chi connectivity index (χ1n) is 7.31. The molecular formula is C17H18N4O. The van der Waals surface area contributed by atoms with Crippen molar-refractivity contribution in [2.75, 3.05) is 0 Å². The standard InChI is InChI=1S/C17H18N4O/c1-4-12-10(2)15(19-11(12)3)9-13-16(20-21-17(13)22)14-7-5-6-8-18-14/h5-9,19H,4H2,1-3H3,(H,21,22). The van der Waals surface area contributed by atoms with Crippen LogP contribution in [0.5, 0.6) is 0 Å². The number of amides is 1. The van der Waals surface area contributed by atoms with Gasteiger partial charge in [-0.05, 0) is 49.6 Å². The fourth-order valence-electron chi connectivity index (χ4n) is 2.80. The van der Waals surface area contributed by atoms with Gasteiger partial charge in [-0.2, -0.15) is 5.10 Å². The number of aryl methyl sites for hydroxylation is 1. The van der Waals surface area contributed by atoms with Gasteiger partial charge in [0.1, 0.15) is 5.71 Å². The number of hydrazone groups is 1. The SMILES string of the molecule is CCc1c(C)[nH]c(C=C2C(=O)NN=C2c2ccccn2)c1C. The monoisotopic (exact) mass is 294 g/mol. The summed E-state index contributed by atoms with van der Waals surface area (Å²) in [6, 6.07) is 5.56. The summed E-state index contributed by atoms with van der Waals surface area (Å²) in [5.74, 6) is -0.203. The third kappa shape index (κ3) is 2.35. The van der Waals surface area contributed by atoms with E-state index in [0.29, 0.717) is 17.0 Å². The number of nitrogens with one attached hydrogen (secondary N) is 2. The molecule has 1 aliphatic rings. The lowest BCUT2D eigenvalue weighted by molar-refractivity contribution is -0.116. The summed E-state index contributed by atoms with van der Waals surface area (Å²) >= 11 is 0. The maximum Gasteiger partial charge on any atom is 0.273 e. The summed E-state index contributed by atoms with van der Waals surface area (Å²) in [4.78, 5) is 19.7. The van der Waals surface area contributed by atoms with Gasteiger partial charge in [-0.25, -0.2) is 5.43 Å². The first kappa shape index (κ1) is 14.3. The van der Waals surface area contributed by atoms with Gasteiger partial charge in [-0.1, -0.05) is 13.0 Å². The van der Waals surface area contributed by atoms with Gasteiger partial charge in [0.15, 0.2) is 0 Å². The zero-order valence-corrected chi connectivity index (χ0v) is 12.9. The quantitative estimate of drug-likeness (QED) is 0.854. The molecule has 0 radical (unpaired) electrons. The number of hydrogen-bond donors (Lipinski definition) is 2. The lowest BCUT2D eigenvalue weighted by Crippen LogP contribution is -2.14. The minimum atomic E-state index is -0.203. The molecule has 3 rings (SSSR count). The highest BCUT2D eigenvalue weighted by Crippen LogP contribution is 2.23. The molecule has 0 aromatic carbocycles. The first-order chi connectivity index (χ1) is 10.6. The number of nitrogens with zero attached hydrogens (tertiary/aromatic N) is 2. The molecule has 0 saturated carbocycles. The summed E-state index contributed by atoms with van der Waals surface area (Å²) in [7, 11) is 0. The largest absolute Gasteiger partial charge is 0.359 e. The summed E-state index contributed by atoms with van der Waals surface area (Å²) < 4.78 is 0. The third-order valence-electron chi connectivity index (χ3n) is 3.95. The van der Waals surface area contributed by atoms with Crippen molar-refractivity contribution in [2.24, 2.45) is 5.10 Å². The maximum atomic E-state index is 12.1. The molecule has 5 heteroatoms. The Morgan fingerprint density at radius 2 is 2.09 bits per heavy atom. The van der Waals surface area contributed by atoms with Crippen molar-refractivity contribution in [3.05, 3.63) is 58.2 Å². The van der Waals surface area contributed by atoms with E-state index in [4.69, 9.17) is 0 Å². The molecule has 3 heterocycles. The zero-order chi connectivity index (χ0) is 15.7. The average molecular weight is 294 g/mol. The second-order valence-electron chi connectivity index (χ2n) is 5.30. The van der Waals surface area contributed by atoms with Crippen LogP contribution in [-0.4, -0.2) is 21.6 Å². The van der Waals surface area contributed by atoms with Gasteiger partial charge in [-0.15, -0.1) is 0 Å². The van der Waals surface area contributed by atoms with Crippen LogP contribution in [0.1, 0.15) is 35.1 Å². The predicted octanol–water partition coefficient (Wildman–Crippen LogP) is 2.51. The Morgan fingerprint density at radius 3 is 2.73 bits per heavy atom. The number of carbonyl (C=O) groups excluding carboxylic acids is 1. The first-order valence-corrected chi connectivity index (χ1v) is 7.31. The number of H-pyrrole nitrogens is 1. The number of aromatic amines is 1. The molecule has 0 bridgehead atoms. The van der Waals surface area contributed by atoms with E-state index >= 15 is 0 Å². The van der Waals surface area contributed by atoms with Crippen LogP contribution >= 0.6 is 0 Å². The lowest BCUT2D eigenvalue weighted by atomic mass is 10.0. The molecule has 1 amide bonds. The third-order valence-corrected chi connectivity index (χ3v) is 3.95. The highest BCUT2D eigenvalue weighted by atomic mass is 16.2. The Labute approximate surface area is 129 Å². The molecule has 112 valence electrons. The molecule has 0 fully saturated rings. The summed E-state index contributed by atoms with van der Waals surface area (Å²) in [6.45, 7) is 6.25. The van der Waals surface area contributed by atoms with Crippen molar-refractivity contribution in [2.45, 2.75) is 27.2 Å². The lowest BCUT2D eigenvalue weighted by Gasteiger charge is -2.01. The fourth-order valence-corrected chi connectivity index (χ4v) is 2.80. The zero-order valence-electron chi connectivity index (χ0n) is 12.9. The number of hydrogen-bond acceptors (Lipinski definition) is 3. The minimum Gasteiger partial charge on any atom is -0.359 e. The number of rotatable bonds is 3. The molecular weight excluding hydrogens is 276 g/mol. The Hall–Kier alpha value is -2.69. The van der Waals surface area contributed by atoms with Crippen molar-refractivity contribution in [1.82, 2.24) is 15.4 Å². The van der Waals surface area contributed by atoms with Crippen LogP contribution in [0.3, 0.4) is 0 Å². The van der Waals surface area contributed by atoms with Crippen molar-refractivity contribution >= 4 is 17.7 Å². The van der Waals surface area contributed by atoms with Crippen molar-refractivity contribution in [3.63, 3.8) is 0 Å². The molecule has 2 aromatic rings. The van der Waals surface area contributed by atoms with Crippen molar-refractivity contribution in [1.29, 1.82) is 0 Å². The average Bonchev–Trinajstić information content (AvgIpc) is 3.01. The molecule has 0 aliphatic carbocycles. The number of pyridine rings is 1. The molecule has 1 aliphatic heterocycles. The van der Waals surface area contributed by atoms with Crippen LogP contribution in [0.15, 0.2) is 35.1 Å². The normalized spacial score (nSPS) is 16.0. The Balaban J connectivity index is 2.06. The van der Waals surface area contributed by atoms with E-state index < -0.39 is 0 Å². The summed E-state index contributed by atoms with van der Waals surface area (Å²) in [5.41, 5.74) is 8.87. The van der Waals surface area contributed by atoms with Crippen LogP contribution in [-0.2, 0) is 11.2 Å². The van der Waals surface area contributed by atoms with Crippen molar-refractivity contribution < 1.29 is 4.79 Å². The second kappa shape index (κ2) is 5.60. The van der Waals surface area contributed by atoms with Gasteiger partial charge in [-0.3, -0.25) is 9.78 Å². The highest BCUT2D eigenvalue weighted by molar-refractivity contribution is 6.32. The minimum absolute atomic E-state index is 0.203. The van der Waals surface area contributed by atoms with E-state index in [0.717, 1.165) is 17.8 Å². The molecule has 2 N–H and O–H groups in total.